The Labute approximate surface area is 452 Å². The first-order valence-corrected chi connectivity index (χ1v) is 31.1. The molecule has 0 unspecified atom stereocenters. The van der Waals surface area contributed by atoms with Gasteiger partial charge in [-0.05, 0) is 59.4 Å². The number of amides is 2. The fourth-order valence-corrected chi connectivity index (χ4v) is 11.1. The molecule has 4 aromatic carbocycles. The molecular weight excluding hydrogens is 909 g/mol. The Bertz CT molecular complexity index is 1990. The molecule has 0 radical (unpaired) electrons. The molecule has 0 heterocycles. The summed E-state index contributed by atoms with van der Waals surface area (Å²) in [5.41, 5.74) is 2.56. The molecule has 0 aliphatic carbocycles. The Kier molecular flexibility index (Phi) is 33.6. The first-order valence-electron chi connectivity index (χ1n) is 31.1. The fraction of sp³-hybridized carbons (Fsp3) is 0.647. The van der Waals surface area contributed by atoms with Crippen LogP contribution < -0.4 is 10.6 Å². The van der Waals surface area contributed by atoms with E-state index in [2.05, 4.69) is 31.1 Å². The number of fused-ring (bicyclic) bond motifs is 2. The van der Waals surface area contributed by atoms with Gasteiger partial charge in [-0.1, -0.05) is 306 Å². The van der Waals surface area contributed by atoms with Crippen molar-refractivity contribution in [3.63, 3.8) is 0 Å². The van der Waals surface area contributed by atoms with E-state index in [-0.39, 0.29) is 34.4 Å². The van der Waals surface area contributed by atoms with Crippen LogP contribution >= 0.6 is 0 Å². The Morgan fingerprint density at radius 3 is 0.892 bits per heavy atom. The molecule has 0 fully saturated rings. The molecule has 0 aliphatic heterocycles. The summed E-state index contributed by atoms with van der Waals surface area (Å²) in [4.78, 5) is 27.2. The second kappa shape index (κ2) is 40.0. The monoisotopic (exact) mass is 1010 g/mol. The smallest absolute Gasteiger partial charge is 0.255 e. The van der Waals surface area contributed by atoms with E-state index in [0.717, 1.165) is 52.8 Å². The predicted octanol–water partition coefficient (Wildman–Crippen LogP) is 20.1. The Morgan fingerprint density at radius 1 is 0.378 bits per heavy atom. The lowest BCUT2D eigenvalue weighted by Gasteiger charge is -2.17. The highest BCUT2D eigenvalue weighted by Gasteiger charge is 2.22. The molecule has 4 N–H and O–H groups in total. The van der Waals surface area contributed by atoms with Gasteiger partial charge in [0.2, 0.25) is 0 Å². The second-order valence-corrected chi connectivity index (χ2v) is 22.3. The van der Waals surface area contributed by atoms with Crippen molar-refractivity contribution in [3.05, 3.63) is 95.1 Å². The summed E-state index contributed by atoms with van der Waals surface area (Å²) >= 11 is 0. The van der Waals surface area contributed by atoms with Gasteiger partial charge in [0.15, 0.2) is 0 Å². The molecule has 0 aromatic heterocycles. The van der Waals surface area contributed by atoms with Crippen LogP contribution in [0, 0.1) is 0 Å². The van der Waals surface area contributed by atoms with Crippen molar-refractivity contribution in [1.29, 1.82) is 0 Å². The summed E-state index contributed by atoms with van der Waals surface area (Å²) in [6.45, 7) is 10.1. The van der Waals surface area contributed by atoms with E-state index in [9.17, 15) is 19.8 Å². The minimum atomic E-state index is -0.273. The number of carbonyl (C=O) groups excluding carboxylic acids is 2. The Balaban J connectivity index is 1.14. The van der Waals surface area contributed by atoms with Gasteiger partial charge in [-0.15, -0.1) is 0 Å². The molecule has 0 bridgehead atoms. The van der Waals surface area contributed by atoms with E-state index < -0.39 is 0 Å². The highest BCUT2D eigenvalue weighted by Crippen LogP contribution is 2.37. The molecule has 0 saturated heterocycles. The van der Waals surface area contributed by atoms with Crippen LogP contribution in [0.5, 0.6) is 11.5 Å². The zero-order chi connectivity index (χ0) is 52.7. The van der Waals surface area contributed by atoms with Crippen molar-refractivity contribution in [2.75, 3.05) is 13.1 Å². The third-order valence-corrected chi connectivity index (χ3v) is 15.7. The first kappa shape index (κ1) is 62.2. The number of phenolic OH excluding ortho intramolecular Hbond substituents is 2. The SMILES string of the molecule is C=C(Cc1c(O)c(C(=O)NCCCCCCCCCCCCCCCCCCCCC)cc2ccccc12)Cc1c(O)c(C(=O)NCCCCCCCCCCCCCCCCCCCCC)cc2ccccc12. The maximum Gasteiger partial charge on any atom is 0.255 e. The van der Waals surface area contributed by atoms with E-state index in [4.69, 9.17) is 0 Å². The molecule has 4 rings (SSSR count). The van der Waals surface area contributed by atoms with E-state index in [1.54, 1.807) is 12.1 Å². The van der Waals surface area contributed by atoms with Crippen LogP contribution in [0.4, 0.5) is 0 Å². The topological polar surface area (TPSA) is 98.7 Å². The van der Waals surface area contributed by atoms with Gasteiger partial charge in [0.25, 0.3) is 11.8 Å². The number of carbonyl (C=O) groups is 2. The van der Waals surface area contributed by atoms with Gasteiger partial charge in [0.1, 0.15) is 11.5 Å². The predicted molar refractivity (Wildman–Crippen MR) is 319 cm³/mol. The number of aromatic hydroxyl groups is 2. The molecule has 2 amide bonds. The summed E-state index contributed by atoms with van der Waals surface area (Å²) in [7, 11) is 0. The van der Waals surface area contributed by atoms with Crippen molar-refractivity contribution in [1.82, 2.24) is 10.6 Å². The number of phenols is 2. The third-order valence-electron chi connectivity index (χ3n) is 15.7. The molecule has 412 valence electrons. The van der Waals surface area contributed by atoms with Gasteiger partial charge in [-0.3, -0.25) is 9.59 Å². The van der Waals surface area contributed by atoms with Crippen LogP contribution in [0.1, 0.15) is 290 Å². The fourth-order valence-electron chi connectivity index (χ4n) is 11.1. The lowest BCUT2D eigenvalue weighted by Crippen LogP contribution is -2.25. The van der Waals surface area contributed by atoms with Gasteiger partial charge < -0.3 is 20.8 Å². The Morgan fingerprint density at radius 2 is 0.622 bits per heavy atom. The van der Waals surface area contributed by atoms with Crippen LogP contribution in [-0.2, 0) is 12.8 Å². The summed E-state index contributed by atoms with van der Waals surface area (Å²) in [5.74, 6) is -0.615. The number of hydrogen-bond acceptors (Lipinski definition) is 4. The normalized spacial score (nSPS) is 11.5. The van der Waals surface area contributed by atoms with Gasteiger partial charge in [0, 0.05) is 24.2 Å². The quantitative estimate of drug-likeness (QED) is 0.0262. The van der Waals surface area contributed by atoms with Crippen molar-refractivity contribution >= 4 is 33.4 Å². The van der Waals surface area contributed by atoms with Gasteiger partial charge in [-0.25, -0.2) is 0 Å². The number of rotatable bonds is 46. The summed E-state index contributed by atoms with van der Waals surface area (Å²) in [5, 5.41) is 33.1. The largest absolute Gasteiger partial charge is 0.507 e. The molecule has 6 heteroatoms. The van der Waals surface area contributed by atoms with Crippen LogP contribution in [0.25, 0.3) is 21.5 Å². The Hall–Kier alpha value is -4.32. The van der Waals surface area contributed by atoms with Gasteiger partial charge >= 0.3 is 0 Å². The second-order valence-electron chi connectivity index (χ2n) is 22.3. The van der Waals surface area contributed by atoms with E-state index >= 15 is 0 Å². The van der Waals surface area contributed by atoms with Gasteiger partial charge in [0.05, 0.1) is 11.1 Å². The third kappa shape index (κ3) is 25.0. The molecule has 0 saturated carbocycles. The number of hydrogen-bond donors (Lipinski definition) is 4. The average Bonchev–Trinajstić information content (AvgIpc) is 3.41. The van der Waals surface area contributed by atoms with Crippen LogP contribution in [0.2, 0.25) is 0 Å². The van der Waals surface area contributed by atoms with Gasteiger partial charge in [-0.2, -0.15) is 0 Å². The molecule has 0 atom stereocenters. The van der Waals surface area contributed by atoms with E-state index in [1.165, 1.54) is 218 Å². The molecule has 0 spiro atoms. The summed E-state index contributed by atoms with van der Waals surface area (Å²) < 4.78 is 0. The zero-order valence-corrected chi connectivity index (χ0v) is 47.4. The number of allylic oxidation sites excluding steroid dienone is 1. The van der Waals surface area contributed by atoms with Crippen molar-refractivity contribution < 1.29 is 19.8 Å². The number of benzene rings is 4. The minimum absolute atomic E-state index is 0.0347. The summed E-state index contributed by atoms with van der Waals surface area (Å²) in [6, 6.07) is 19.2. The number of unbranched alkanes of at least 4 members (excludes halogenated alkanes) is 36. The van der Waals surface area contributed by atoms with Crippen molar-refractivity contribution in [2.24, 2.45) is 0 Å². The van der Waals surface area contributed by atoms with E-state index in [0.29, 0.717) is 37.1 Å². The molecular formula is C68H106N2O4. The highest BCUT2D eigenvalue weighted by atomic mass is 16.3. The van der Waals surface area contributed by atoms with Crippen molar-refractivity contribution in [2.45, 2.75) is 271 Å². The molecule has 4 aromatic rings. The highest BCUT2D eigenvalue weighted by molar-refractivity contribution is 6.04. The lowest BCUT2D eigenvalue weighted by molar-refractivity contribution is 0.0941. The summed E-state index contributed by atoms with van der Waals surface area (Å²) in [6.07, 6.45) is 51.0. The standard InChI is InChI=1S/C68H106N2O4/c1-4-6-8-10-12-14-16-18-20-22-24-26-28-30-32-34-36-38-44-50-69-67(73)63-54-57-46-40-42-48-59(57)61(65(63)71)52-56(3)53-62-60-49-43-41-47-58(60)55-64(66(62)72)68(74)70-51-45-39-37-35-33-31-29-27-25-23-21-19-17-15-13-11-9-7-5-2/h40-43,46-49,54-55,71-72H,3-39,44-45,50-53H2,1-2H3,(H,69,73)(H,70,74). The van der Waals surface area contributed by atoms with Crippen LogP contribution in [0.15, 0.2) is 72.8 Å². The minimum Gasteiger partial charge on any atom is -0.507 e. The molecule has 0 aliphatic rings. The lowest BCUT2D eigenvalue weighted by atomic mass is 9.90. The average molecular weight is 1020 g/mol. The molecule has 6 nitrogen and oxygen atoms in total. The maximum atomic E-state index is 13.6. The van der Waals surface area contributed by atoms with E-state index in [1.807, 2.05) is 48.5 Å². The van der Waals surface area contributed by atoms with Crippen LogP contribution in [-0.4, -0.2) is 35.1 Å². The maximum absolute atomic E-state index is 13.6. The van der Waals surface area contributed by atoms with Crippen molar-refractivity contribution in [3.8, 4) is 11.5 Å². The van der Waals surface area contributed by atoms with Crippen LogP contribution in [0.3, 0.4) is 0 Å². The first-order chi connectivity index (χ1) is 36.3. The zero-order valence-electron chi connectivity index (χ0n) is 47.4. The number of nitrogens with one attached hydrogen (secondary N) is 2. The molecule has 74 heavy (non-hydrogen) atoms.